The number of nitrogens with two attached hydrogens (primary N) is 1. The van der Waals surface area contributed by atoms with Crippen molar-refractivity contribution >= 4 is 29.0 Å². The Morgan fingerprint density at radius 1 is 1.00 bits per heavy atom. The standard InChI is InChI=1S/C20H21N5O3/c1-12-5-4-6-13(9-12)23-19-15(18(21)26)11-22-20(25-19)24-14-7-8-16(27-2)17(10-14)28-3/h4-11H,1-3H3,(H2,21,26)(H2,22,23,24,25). The minimum Gasteiger partial charge on any atom is -0.493 e. The van der Waals surface area contributed by atoms with Gasteiger partial charge in [-0.15, -0.1) is 0 Å². The van der Waals surface area contributed by atoms with Gasteiger partial charge < -0.3 is 25.8 Å². The van der Waals surface area contributed by atoms with Crippen molar-refractivity contribution in [1.29, 1.82) is 0 Å². The van der Waals surface area contributed by atoms with Crippen molar-refractivity contribution in [2.45, 2.75) is 6.92 Å². The number of carbonyl (C=O) groups is 1. The van der Waals surface area contributed by atoms with E-state index in [2.05, 4.69) is 20.6 Å². The molecule has 0 fully saturated rings. The lowest BCUT2D eigenvalue weighted by Crippen LogP contribution is -2.15. The Morgan fingerprint density at radius 2 is 1.75 bits per heavy atom. The molecule has 0 atom stereocenters. The summed E-state index contributed by atoms with van der Waals surface area (Å²) in [5.41, 5.74) is 8.22. The molecule has 0 aliphatic carbocycles. The van der Waals surface area contributed by atoms with Crippen molar-refractivity contribution in [2.24, 2.45) is 5.73 Å². The lowest BCUT2D eigenvalue weighted by atomic mass is 10.2. The molecular formula is C20H21N5O3. The molecule has 0 aliphatic rings. The number of hydrogen-bond acceptors (Lipinski definition) is 7. The number of amides is 1. The Kier molecular flexibility index (Phi) is 5.59. The van der Waals surface area contributed by atoms with Crippen molar-refractivity contribution in [3.8, 4) is 11.5 Å². The summed E-state index contributed by atoms with van der Waals surface area (Å²) in [6, 6.07) is 13.0. The summed E-state index contributed by atoms with van der Waals surface area (Å²) in [4.78, 5) is 20.3. The predicted octanol–water partition coefficient (Wildman–Crippen LogP) is 3.39. The van der Waals surface area contributed by atoms with Gasteiger partial charge in [0, 0.05) is 23.6 Å². The number of aryl methyl sites for hydroxylation is 1. The fourth-order valence-electron chi connectivity index (χ4n) is 2.62. The van der Waals surface area contributed by atoms with E-state index in [4.69, 9.17) is 15.2 Å². The Morgan fingerprint density at radius 3 is 2.43 bits per heavy atom. The number of carbonyl (C=O) groups excluding carboxylic acids is 1. The first-order valence-corrected chi connectivity index (χ1v) is 8.49. The first-order valence-electron chi connectivity index (χ1n) is 8.49. The van der Waals surface area contributed by atoms with Gasteiger partial charge in [0.1, 0.15) is 11.4 Å². The van der Waals surface area contributed by atoms with Crippen molar-refractivity contribution in [3.63, 3.8) is 0 Å². The maximum atomic E-state index is 11.8. The van der Waals surface area contributed by atoms with Crippen LogP contribution in [0.5, 0.6) is 11.5 Å². The Bertz CT molecular complexity index is 1010. The molecule has 0 bridgehead atoms. The fourth-order valence-corrected chi connectivity index (χ4v) is 2.62. The van der Waals surface area contributed by atoms with Gasteiger partial charge in [-0.05, 0) is 36.8 Å². The van der Waals surface area contributed by atoms with Crippen molar-refractivity contribution in [3.05, 3.63) is 59.8 Å². The summed E-state index contributed by atoms with van der Waals surface area (Å²) in [5.74, 6) is 1.18. The molecule has 28 heavy (non-hydrogen) atoms. The SMILES string of the molecule is COc1ccc(Nc2ncc(C(N)=O)c(Nc3cccc(C)c3)n2)cc1OC. The van der Waals surface area contributed by atoms with Crippen LogP contribution in [0.15, 0.2) is 48.7 Å². The van der Waals surface area contributed by atoms with Gasteiger partial charge in [-0.3, -0.25) is 4.79 Å². The number of anilines is 4. The van der Waals surface area contributed by atoms with Crippen molar-refractivity contribution in [1.82, 2.24) is 9.97 Å². The van der Waals surface area contributed by atoms with E-state index in [1.807, 2.05) is 31.2 Å². The second-order valence-electron chi connectivity index (χ2n) is 6.01. The van der Waals surface area contributed by atoms with Gasteiger partial charge in [0.05, 0.1) is 14.2 Å². The average molecular weight is 379 g/mol. The molecular weight excluding hydrogens is 358 g/mol. The third-order valence-corrected chi connectivity index (χ3v) is 3.97. The molecule has 0 saturated heterocycles. The molecule has 0 saturated carbocycles. The van der Waals surface area contributed by atoms with Crippen LogP contribution >= 0.6 is 0 Å². The molecule has 0 aliphatic heterocycles. The zero-order valence-corrected chi connectivity index (χ0v) is 15.8. The van der Waals surface area contributed by atoms with Crippen molar-refractivity contribution < 1.29 is 14.3 Å². The Balaban J connectivity index is 1.91. The Hall–Kier alpha value is -3.81. The van der Waals surface area contributed by atoms with Crippen LogP contribution in [0.2, 0.25) is 0 Å². The maximum absolute atomic E-state index is 11.8. The average Bonchev–Trinajstić information content (AvgIpc) is 2.68. The van der Waals surface area contributed by atoms with Gasteiger partial charge in [0.2, 0.25) is 5.95 Å². The molecule has 0 spiro atoms. The van der Waals surface area contributed by atoms with Gasteiger partial charge in [0.25, 0.3) is 5.91 Å². The molecule has 4 N–H and O–H groups in total. The minimum atomic E-state index is -0.618. The van der Waals surface area contributed by atoms with Gasteiger partial charge in [-0.2, -0.15) is 4.98 Å². The fraction of sp³-hybridized carbons (Fsp3) is 0.150. The van der Waals surface area contributed by atoms with Crippen LogP contribution in [0.1, 0.15) is 15.9 Å². The number of rotatable bonds is 7. The van der Waals surface area contributed by atoms with Crippen LogP contribution in [0, 0.1) is 6.92 Å². The maximum Gasteiger partial charge on any atom is 0.254 e. The number of hydrogen-bond donors (Lipinski definition) is 3. The first kappa shape index (κ1) is 19.0. The summed E-state index contributed by atoms with van der Waals surface area (Å²) in [7, 11) is 3.13. The monoisotopic (exact) mass is 379 g/mol. The normalized spacial score (nSPS) is 10.2. The topological polar surface area (TPSA) is 111 Å². The minimum absolute atomic E-state index is 0.194. The number of ether oxygens (including phenoxy) is 2. The number of nitrogens with zero attached hydrogens (tertiary/aromatic N) is 2. The number of aromatic nitrogens is 2. The lowest BCUT2D eigenvalue weighted by Gasteiger charge is -2.13. The highest BCUT2D eigenvalue weighted by Gasteiger charge is 2.13. The zero-order valence-electron chi connectivity index (χ0n) is 15.8. The molecule has 1 aromatic heterocycles. The smallest absolute Gasteiger partial charge is 0.254 e. The molecule has 0 radical (unpaired) electrons. The highest BCUT2D eigenvalue weighted by atomic mass is 16.5. The second kappa shape index (κ2) is 8.26. The van der Waals surface area contributed by atoms with Gasteiger partial charge >= 0.3 is 0 Å². The van der Waals surface area contributed by atoms with Crippen LogP contribution in [-0.4, -0.2) is 30.1 Å². The van der Waals surface area contributed by atoms with E-state index in [0.717, 1.165) is 11.3 Å². The molecule has 1 amide bonds. The van der Waals surface area contributed by atoms with Crippen LogP contribution < -0.4 is 25.8 Å². The lowest BCUT2D eigenvalue weighted by molar-refractivity contribution is 0.100. The summed E-state index contributed by atoms with van der Waals surface area (Å²) in [5, 5.41) is 6.21. The number of benzene rings is 2. The Labute approximate surface area is 162 Å². The second-order valence-corrected chi connectivity index (χ2v) is 6.01. The molecule has 144 valence electrons. The highest BCUT2D eigenvalue weighted by Crippen LogP contribution is 2.31. The van der Waals surface area contributed by atoms with E-state index in [1.165, 1.54) is 6.20 Å². The van der Waals surface area contributed by atoms with Crippen LogP contribution in [0.25, 0.3) is 0 Å². The van der Waals surface area contributed by atoms with Crippen molar-refractivity contribution in [2.75, 3.05) is 24.9 Å². The van der Waals surface area contributed by atoms with Crippen LogP contribution in [-0.2, 0) is 0 Å². The quantitative estimate of drug-likeness (QED) is 0.577. The molecule has 3 rings (SSSR count). The molecule has 8 heteroatoms. The first-order chi connectivity index (χ1) is 13.5. The molecule has 0 unspecified atom stereocenters. The van der Waals surface area contributed by atoms with E-state index >= 15 is 0 Å². The van der Waals surface area contributed by atoms with E-state index in [9.17, 15) is 4.79 Å². The summed E-state index contributed by atoms with van der Waals surface area (Å²) in [6.45, 7) is 1.98. The number of nitrogens with one attached hydrogen (secondary N) is 2. The molecule has 2 aromatic carbocycles. The van der Waals surface area contributed by atoms with Gasteiger partial charge in [-0.25, -0.2) is 4.98 Å². The van der Waals surface area contributed by atoms with Crippen LogP contribution in [0.4, 0.5) is 23.1 Å². The molecule has 3 aromatic rings. The van der Waals surface area contributed by atoms with E-state index in [0.29, 0.717) is 29.0 Å². The third kappa shape index (κ3) is 4.29. The summed E-state index contributed by atoms with van der Waals surface area (Å²) < 4.78 is 10.5. The highest BCUT2D eigenvalue weighted by molar-refractivity contribution is 5.98. The van der Waals surface area contributed by atoms with E-state index in [-0.39, 0.29) is 5.56 Å². The van der Waals surface area contributed by atoms with Crippen LogP contribution in [0.3, 0.4) is 0 Å². The molecule has 8 nitrogen and oxygen atoms in total. The summed E-state index contributed by atoms with van der Waals surface area (Å²) in [6.07, 6.45) is 1.39. The van der Waals surface area contributed by atoms with E-state index < -0.39 is 5.91 Å². The summed E-state index contributed by atoms with van der Waals surface area (Å²) >= 11 is 0. The zero-order chi connectivity index (χ0) is 20.1. The third-order valence-electron chi connectivity index (χ3n) is 3.97. The number of methoxy groups -OCH3 is 2. The van der Waals surface area contributed by atoms with Gasteiger partial charge in [0.15, 0.2) is 11.5 Å². The largest absolute Gasteiger partial charge is 0.493 e. The molecule has 1 heterocycles. The van der Waals surface area contributed by atoms with Gasteiger partial charge in [-0.1, -0.05) is 12.1 Å². The van der Waals surface area contributed by atoms with E-state index in [1.54, 1.807) is 32.4 Å². The predicted molar refractivity (Wildman–Crippen MR) is 108 cm³/mol. The number of primary amides is 1.